The summed E-state index contributed by atoms with van der Waals surface area (Å²) in [6.07, 6.45) is 0.984. The van der Waals surface area contributed by atoms with Gasteiger partial charge in [0.2, 0.25) is 0 Å². The van der Waals surface area contributed by atoms with Gasteiger partial charge in [-0.15, -0.1) is 0 Å². The largest absolute Gasteiger partial charge is 0.465 e. The molecule has 2 aromatic carbocycles. The van der Waals surface area contributed by atoms with Crippen LogP contribution in [0.1, 0.15) is 54.6 Å². The molecule has 0 aliphatic carbocycles. The Kier molecular flexibility index (Phi) is 6.30. The Morgan fingerprint density at radius 2 is 1.50 bits per heavy atom. The van der Waals surface area contributed by atoms with Gasteiger partial charge in [0.1, 0.15) is 0 Å². The van der Waals surface area contributed by atoms with Crippen LogP contribution in [-0.2, 0) is 9.53 Å². The number of carbonyl (C=O) groups excluding carboxylic acids is 2. The predicted octanol–water partition coefficient (Wildman–Crippen LogP) is 4.61. The van der Waals surface area contributed by atoms with E-state index in [1.807, 2.05) is 37.3 Å². The van der Waals surface area contributed by atoms with Crippen LogP contribution in [0.15, 0.2) is 54.6 Å². The Morgan fingerprint density at radius 3 is 2.08 bits per heavy atom. The number of hydrogen-bond donors (Lipinski definition) is 0. The van der Waals surface area contributed by atoms with Crippen LogP contribution in [0, 0.1) is 5.92 Å². The van der Waals surface area contributed by atoms with Crippen molar-refractivity contribution in [3.63, 3.8) is 0 Å². The summed E-state index contributed by atoms with van der Waals surface area (Å²) < 4.78 is 5.35. The maximum absolute atomic E-state index is 12.4. The lowest BCUT2D eigenvalue weighted by atomic mass is 9.97. The smallest absolute Gasteiger partial charge is 0.313 e. The van der Waals surface area contributed by atoms with E-state index in [1.165, 1.54) is 0 Å². The van der Waals surface area contributed by atoms with Crippen LogP contribution in [0.4, 0.5) is 0 Å². The van der Waals surface area contributed by atoms with E-state index in [1.54, 1.807) is 24.3 Å². The highest BCUT2D eigenvalue weighted by Crippen LogP contribution is 2.19. The highest BCUT2D eigenvalue weighted by molar-refractivity contribution is 6.08. The molecular formula is C21H24O3. The van der Waals surface area contributed by atoms with E-state index in [0.717, 1.165) is 12.0 Å². The molecule has 3 nitrogen and oxygen atoms in total. The Bertz CT molecular complexity index is 674. The number of ketones is 1. The molecular weight excluding hydrogens is 300 g/mol. The van der Waals surface area contributed by atoms with Crippen LogP contribution in [0.25, 0.3) is 0 Å². The van der Waals surface area contributed by atoms with Crippen molar-refractivity contribution in [2.24, 2.45) is 5.92 Å². The van der Waals surface area contributed by atoms with Crippen LogP contribution in [-0.4, -0.2) is 18.4 Å². The zero-order valence-electron chi connectivity index (χ0n) is 14.5. The highest BCUT2D eigenvalue weighted by atomic mass is 16.5. The minimum Gasteiger partial charge on any atom is -0.465 e. The molecule has 3 heteroatoms. The molecule has 2 aromatic rings. The van der Waals surface area contributed by atoms with Crippen molar-refractivity contribution in [3.05, 3.63) is 71.3 Å². The first-order valence-corrected chi connectivity index (χ1v) is 8.39. The molecule has 0 spiro atoms. The zero-order chi connectivity index (χ0) is 17.5. The average molecular weight is 324 g/mol. The molecule has 0 fully saturated rings. The van der Waals surface area contributed by atoms with Gasteiger partial charge in [0.25, 0.3) is 0 Å². The van der Waals surface area contributed by atoms with Crippen LogP contribution >= 0.6 is 0 Å². The van der Waals surface area contributed by atoms with Gasteiger partial charge in [-0.3, -0.25) is 9.59 Å². The number of carbonyl (C=O) groups is 2. The molecule has 2 atom stereocenters. The fourth-order valence-electron chi connectivity index (χ4n) is 2.28. The third-order valence-corrected chi connectivity index (χ3v) is 4.27. The standard InChI is InChI=1S/C21H24O3/c1-4-15(2)14-24-21(23)16(3)17-10-12-19(13-11-17)20(22)18-8-6-5-7-9-18/h5-13,15-16H,4,14H2,1-3H3. The molecule has 0 amide bonds. The molecule has 0 bridgehead atoms. The van der Waals surface area contributed by atoms with Gasteiger partial charge in [-0.1, -0.05) is 74.9 Å². The summed E-state index contributed by atoms with van der Waals surface area (Å²) in [5.74, 6) is -0.214. The molecule has 2 rings (SSSR count). The molecule has 0 aromatic heterocycles. The first kappa shape index (κ1) is 17.9. The van der Waals surface area contributed by atoms with E-state index in [0.29, 0.717) is 23.7 Å². The summed E-state index contributed by atoms with van der Waals surface area (Å²) in [5, 5.41) is 0. The van der Waals surface area contributed by atoms with Gasteiger partial charge in [-0.25, -0.2) is 0 Å². The molecule has 0 radical (unpaired) electrons. The second-order valence-electron chi connectivity index (χ2n) is 6.18. The topological polar surface area (TPSA) is 43.4 Å². The first-order valence-electron chi connectivity index (χ1n) is 8.39. The Morgan fingerprint density at radius 1 is 0.917 bits per heavy atom. The van der Waals surface area contributed by atoms with Crippen molar-refractivity contribution in [1.82, 2.24) is 0 Å². The average Bonchev–Trinajstić information content (AvgIpc) is 2.65. The summed E-state index contributed by atoms with van der Waals surface area (Å²) in [4.78, 5) is 24.5. The third kappa shape index (κ3) is 4.54. The number of ether oxygens (including phenoxy) is 1. The molecule has 126 valence electrons. The van der Waals surface area contributed by atoms with Crippen LogP contribution in [0.2, 0.25) is 0 Å². The number of rotatable bonds is 7. The van der Waals surface area contributed by atoms with Crippen molar-refractivity contribution >= 4 is 11.8 Å². The normalized spacial score (nSPS) is 13.1. The predicted molar refractivity (Wildman–Crippen MR) is 95.1 cm³/mol. The van der Waals surface area contributed by atoms with Crippen molar-refractivity contribution in [3.8, 4) is 0 Å². The van der Waals surface area contributed by atoms with Gasteiger partial charge in [0.15, 0.2) is 5.78 Å². The minimum absolute atomic E-state index is 0.0193. The van der Waals surface area contributed by atoms with E-state index < -0.39 is 0 Å². The molecule has 0 saturated heterocycles. The lowest BCUT2D eigenvalue weighted by molar-refractivity contribution is -0.146. The second kappa shape index (κ2) is 8.44. The summed E-state index contributed by atoms with van der Waals surface area (Å²) in [5.41, 5.74) is 2.13. The summed E-state index contributed by atoms with van der Waals surface area (Å²) in [6, 6.07) is 16.3. The molecule has 24 heavy (non-hydrogen) atoms. The maximum atomic E-state index is 12.4. The van der Waals surface area contributed by atoms with E-state index in [4.69, 9.17) is 4.74 Å². The van der Waals surface area contributed by atoms with Crippen molar-refractivity contribution in [2.75, 3.05) is 6.61 Å². The van der Waals surface area contributed by atoms with Crippen LogP contribution < -0.4 is 0 Å². The number of hydrogen-bond acceptors (Lipinski definition) is 3. The molecule has 0 N–H and O–H groups in total. The van der Waals surface area contributed by atoms with Crippen molar-refractivity contribution in [1.29, 1.82) is 0 Å². The Hall–Kier alpha value is -2.42. The minimum atomic E-state index is -0.338. The van der Waals surface area contributed by atoms with E-state index in [2.05, 4.69) is 13.8 Å². The molecule has 0 saturated carbocycles. The lowest BCUT2D eigenvalue weighted by Crippen LogP contribution is -2.17. The van der Waals surface area contributed by atoms with Crippen LogP contribution in [0.3, 0.4) is 0 Å². The molecule has 0 aliphatic rings. The van der Waals surface area contributed by atoms with E-state index >= 15 is 0 Å². The third-order valence-electron chi connectivity index (χ3n) is 4.27. The fourth-order valence-corrected chi connectivity index (χ4v) is 2.28. The monoisotopic (exact) mass is 324 g/mol. The van der Waals surface area contributed by atoms with E-state index in [-0.39, 0.29) is 17.7 Å². The van der Waals surface area contributed by atoms with Gasteiger partial charge in [-0.2, -0.15) is 0 Å². The second-order valence-corrected chi connectivity index (χ2v) is 6.18. The van der Waals surface area contributed by atoms with Gasteiger partial charge in [-0.05, 0) is 18.4 Å². The molecule has 0 aliphatic heterocycles. The number of benzene rings is 2. The van der Waals surface area contributed by atoms with Gasteiger partial charge in [0.05, 0.1) is 12.5 Å². The van der Waals surface area contributed by atoms with Gasteiger partial charge < -0.3 is 4.74 Å². The maximum Gasteiger partial charge on any atom is 0.313 e. The zero-order valence-corrected chi connectivity index (χ0v) is 14.5. The SMILES string of the molecule is CCC(C)COC(=O)C(C)c1ccc(C(=O)c2ccccc2)cc1. The van der Waals surface area contributed by atoms with Gasteiger partial charge >= 0.3 is 5.97 Å². The number of esters is 1. The summed E-state index contributed by atoms with van der Waals surface area (Å²) in [6.45, 7) is 6.41. The Balaban J connectivity index is 2.03. The Labute approximate surface area is 143 Å². The lowest BCUT2D eigenvalue weighted by Gasteiger charge is -2.14. The fraction of sp³-hybridized carbons (Fsp3) is 0.333. The summed E-state index contributed by atoms with van der Waals surface area (Å²) in [7, 11) is 0. The molecule has 0 heterocycles. The quantitative estimate of drug-likeness (QED) is 0.552. The van der Waals surface area contributed by atoms with Crippen molar-refractivity contribution in [2.45, 2.75) is 33.1 Å². The first-order chi connectivity index (χ1) is 11.5. The van der Waals surface area contributed by atoms with Gasteiger partial charge in [0, 0.05) is 11.1 Å². The van der Waals surface area contributed by atoms with E-state index in [9.17, 15) is 9.59 Å². The highest BCUT2D eigenvalue weighted by Gasteiger charge is 2.18. The molecule has 2 unspecified atom stereocenters. The van der Waals surface area contributed by atoms with Crippen molar-refractivity contribution < 1.29 is 14.3 Å². The van der Waals surface area contributed by atoms with Crippen LogP contribution in [0.5, 0.6) is 0 Å². The summed E-state index contributed by atoms with van der Waals surface area (Å²) >= 11 is 0.